The number of carbonyl (C=O) groups excluding carboxylic acids is 1. The molecule has 0 saturated heterocycles. The van der Waals surface area contributed by atoms with Crippen LogP contribution in [-0.4, -0.2) is 25.8 Å². The van der Waals surface area contributed by atoms with Crippen LogP contribution in [0.2, 0.25) is 0 Å². The van der Waals surface area contributed by atoms with Crippen LogP contribution < -0.4 is 10.6 Å². The third-order valence-electron chi connectivity index (χ3n) is 3.03. The largest absolute Gasteiger partial charge is 0.467 e. The second kappa shape index (κ2) is 7.50. The number of carbonyl (C=O) groups is 1. The standard InChI is InChI=1S/C16H20N2O3/c1-12(11-20-2)17-16(19)18-15(14-9-6-10-21-14)13-7-4-3-5-8-13/h3-10,12,15H,11H2,1-2H3,(H2,17,18,19). The molecule has 2 N–H and O–H groups in total. The fraction of sp³-hybridized carbons (Fsp3) is 0.312. The van der Waals surface area contributed by atoms with Crippen LogP contribution in [0.15, 0.2) is 53.1 Å². The van der Waals surface area contributed by atoms with E-state index in [0.717, 1.165) is 5.56 Å². The van der Waals surface area contributed by atoms with E-state index in [1.807, 2.05) is 43.3 Å². The highest BCUT2D eigenvalue weighted by Gasteiger charge is 2.19. The number of furan rings is 1. The van der Waals surface area contributed by atoms with Gasteiger partial charge in [0.05, 0.1) is 18.9 Å². The number of urea groups is 1. The molecular formula is C16H20N2O3. The number of hydrogen-bond acceptors (Lipinski definition) is 3. The van der Waals surface area contributed by atoms with Gasteiger partial charge in [0, 0.05) is 7.11 Å². The maximum atomic E-state index is 12.1. The van der Waals surface area contributed by atoms with Crippen molar-refractivity contribution in [2.24, 2.45) is 0 Å². The van der Waals surface area contributed by atoms with Gasteiger partial charge in [0.1, 0.15) is 11.8 Å². The van der Waals surface area contributed by atoms with E-state index >= 15 is 0 Å². The van der Waals surface area contributed by atoms with E-state index in [1.165, 1.54) is 0 Å². The molecule has 2 atom stereocenters. The first-order valence-electron chi connectivity index (χ1n) is 6.85. The fourth-order valence-corrected chi connectivity index (χ4v) is 2.11. The lowest BCUT2D eigenvalue weighted by molar-refractivity contribution is 0.170. The van der Waals surface area contributed by atoms with Crippen LogP contribution in [0.4, 0.5) is 4.79 Å². The number of ether oxygens (including phenoxy) is 1. The number of benzene rings is 1. The third-order valence-corrected chi connectivity index (χ3v) is 3.03. The zero-order chi connectivity index (χ0) is 15.1. The molecule has 2 aromatic rings. The van der Waals surface area contributed by atoms with Gasteiger partial charge in [-0.15, -0.1) is 0 Å². The molecule has 0 aliphatic rings. The summed E-state index contributed by atoms with van der Waals surface area (Å²) < 4.78 is 10.4. The summed E-state index contributed by atoms with van der Waals surface area (Å²) in [5.41, 5.74) is 0.960. The van der Waals surface area contributed by atoms with Crippen molar-refractivity contribution in [2.45, 2.75) is 19.0 Å². The minimum atomic E-state index is -0.323. The van der Waals surface area contributed by atoms with Crippen LogP contribution in [0, 0.1) is 0 Å². The summed E-state index contributed by atoms with van der Waals surface area (Å²) in [5.74, 6) is 0.691. The molecule has 0 fully saturated rings. The lowest BCUT2D eigenvalue weighted by Crippen LogP contribution is -2.44. The van der Waals surface area contributed by atoms with Crippen molar-refractivity contribution in [1.29, 1.82) is 0 Å². The van der Waals surface area contributed by atoms with E-state index in [1.54, 1.807) is 19.4 Å². The van der Waals surface area contributed by atoms with Crippen molar-refractivity contribution in [3.8, 4) is 0 Å². The lowest BCUT2D eigenvalue weighted by Gasteiger charge is -2.19. The summed E-state index contributed by atoms with van der Waals surface area (Å²) in [7, 11) is 1.60. The first kappa shape index (κ1) is 15.1. The molecule has 2 amide bonds. The molecule has 2 rings (SSSR count). The van der Waals surface area contributed by atoms with Crippen molar-refractivity contribution in [3.63, 3.8) is 0 Å². The summed E-state index contributed by atoms with van der Waals surface area (Å²) in [6.07, 6.45) is 1.60. The zero-order valence-corrected chi connectivity index (χ0v) is 12.2. The average Bonchev–Trinajstić information content (AvgIpc) is 3.00. The fourth-order valence-electron chi connectivity index (χ4n) is 2.11. The summed E-state index contributed by atoms with van der Waals surface area (Å²) in [6.45, 7) is 2.34. The Hall–Kier alpha value is -2.27. The molecule has 0 aliphatic heterocycles. The summed E-state index contributed by atoms with van der Waals surface area (Å²) >= 11 is 0. The number of rotatable bonds is 6. The van der Waals surface area contributed by atoms with Gasteiger partial charge in [-0.2, -0.15) is 0 Å². The quantitative estimate of drug-likeness (QED) is 0.859. The monoisotopic (exact) mass is 288 g/mol. The Balaban J connectivity index is 2.09. The van der Waals surface area contributed by atoms with E-state index in [0.29, 0.717) is 12.4 Å². The Bertz CT molecular complexity index is 540. The number of methoxy groups -OCH3 is 1. The van der Waals surface area contributed by atoms with E-state index in [4.69, 9.17) is 9.15 Å². The van der Waals surface area contributed by atoms with Crippen LogP contribution in [0.25, 0.3) is 0 Å². The lowest BCUT2D eigenvalue weighted by atomic mass is 10.1. The Kier molecular flexibility index (Phi) is 5.40. The van der Waals surface area contributed by atoms with Crippen LogP contribution in [0.5, 0.6) is 0 Å². The highest BCUT2D eigenvalue weighted by atomic mass is 16.5. The molecule has 1 aromatic heterocycles. The molecule has 2 unspecified atom stereocenters. The number of amides is 2. The first-order chi connectivity index (χ1) is 10.2. The molecule has 21 heavy (non-hydrogen) atoms. The van der Waals surface area contributed by atoms with Gasteiger partial charge in [-0.1, -0.05) is 30.3 Å². The van der Waals surface area contributed by atoms with Crippen molar-refractivity contribution < 1.29 is 13.9 Å². The van der Waals surface area contributed by atoms with Gasteiger partial charge in [-0.25, -0.2) is 4.79 Å². The Morgan fingerprint density at radius 3 is 2.57 bits per heavy atom. The molecule has 1 aromatic carbocycles. The van der Waals surface area contributed by atoms with Gasteiger partial charge in [-0.05, 0) is 24.6 Å². The smallest absolute Gasteiger partial charge is 0.315 e. The van der Waals surface area contributed by atoms with Crippen LogP contribution >= 0.6 is 0 Å². The molecule has 0 radical (unpaired) electrons. The van der Waals surface area contributed by atoms with Crippen LogP contribution in [0.3, 0.4) is 0 Å². The van der Waals surface area contributed by atoms with Crippen molar-refractivity contribution in [2.75, 3.05) is 13.7 Å². The minimum Gasteiger partial charge on any atom is -0.467 e. The van der Waals surface area contributed by atoms with Gasteiger partial charge >= 0.3 is 6.03 Å². The number of hydrogen-bond donors (Lipinski definition) is 2. The molecular weight excluding hydrogens is 268 g/mol. The molecule has 0 spiro atoms. The minimum absolute atomic E-state index is 0.0666. The average molecular weight is 288 g/mol. The molecule has 0 saturated carbocycles. The van der Waals surface area contributed by atoms with Gasteiger partial charge in [0.15, 0.2) is 0 Å². The van der Waals surface area contributed by atoms with Gasteiger partial charge in [-0.3, -0.25) is 0 Å². The third kappa shape index (κ3) is 4.36. The molecule has 5 nitrogen and oxygen atoms in total. The second-order valence-electron chi connectivity index (χ2n) is 4.83. The Labute approximate surface area is 124 Å². The highest BCUT2D eigenvalue weighted by molar-refractivity contribution is 5.75. The zero-order valence-electron chi connectivity index (χ0n) is 12.2. The Morgan fingerprint density at radius 2 is 1.95 bits per heavy atom. The van der Waals surface area contributed by atoms with E-state index in [9.17, 15) is 4.79 Å². The van der Waals surface area contributed by atoms with E-state index < -0.39 is 0 Å². The van der Waals surface area contributed by atoms with Gasteiger partial charge in [0.25, 0.3) is 0 Å². The molecule has 112 valence electrons. The van der Waals surface area contributed by atoms with Crippen molar-refractivity contribution in [1.82, 2.24) is 10.6 Å². The SMILES string of the molecule is COCC(C)NC(=O)NC(c1ccccc1)c1ccco1. The maximum Gasteiger partial charge on any atom is 0.315 e. The molecule has 1 heterocycles. The van der Waals surface area contributed by atoms with Crippen LogP contribution in [-0.2, 0) is 4.74 Å². The van der Waals surface area contributed by atoms with E-state index in [2.05, 4.69) is 10.6 Å². The summed E-state index contributed by atoms with van der Waals surface area (Å²) in [6, 6.07) is 12.7. The van der Waals surface area contributed by atoms with Crippen molar-refractivity contribution in [3.05, 3.63) is 60.1 Å². The topological polar surface area (TPSA) is 63.5 Å². The molecule has 0 bridgehead atoms. The maximum absolute atomic E-state index is 12.1. The highest BCUT2D eigenvalue weighted by Crippen LogP contribution is 2.22. The van der Waals surface area contributed by atoms with Crippen LogP contribution in [0.1, 0.15) is 24.3 Å². The normalized spacial score (nSPS) is 13.4. The predicted octanol–water partition coefficient (Wildman–Crippen LogP) is 2.70. The van der Waals surface area contributed by atoms with Gasteiger partial charge in [0.2, 0.25) is 0 Å². The van der Waals surface area contributed by atoms with Gasteiger partial charge < -0.3 is 19.8 Å². The summed E-state index contributed by atoms with van der Waals surface area (Å²) in [4.78, 5) is 12.1. The Morgan fingerprint density at radius 1 is 1.19 bits per heavy atom. The molecule has 5 heteroatoms. The first-order valence-corrected chi connectivity index (χ1v) is 6.85. The van der Waals surface area contributed by atoms with Crippen molar-refractivity contribution >= 4 is 6.03 Å². The summed E-state index contributed by atoms with van der Waals surface area (Å²) in [5, 5.41) is 5.75. The second-order valence-corrected chi connectivity index (χ2v) is 4.83. The number of nitrogens with one attached hydrogen (secondary N) is 2. The molecule has 0 aliphatic carbocycles. The predicted molar refractivity (Wildman–Crippen MR) is 80.0 cm³/mol. The van der Waals surface area contributed by atoms with E-state index in [-0.39, 0.29) is 18.1 Å².